The van der Waals surface area contributed by atoms with Crippen LogP contribution in [0.3, 0.4) is 0 Å². The molecule has 14 heavy (non-hydrogen) atoms. The molecule has 0 amide bonds. The smallest absolute Gasteiger partial charge is 0.0868 e. The van der Waals surface area contributed by atoms with Gasteiger partial charge < -0.3 is 0 Å². The van der Waals surface area contributed by atoms with Crippen LogP contribution >= 0.6 is 22.6 Å². The summed E-state index contributed by atoms with van der Waals surface area (Å²) >= 11 is 2.51. The number of halogens is 1. The molecule has 0 aliphatic carbocycles. The van der Waals surface area contributed by atoms with Gasteiger partial charge in [-0.15, -0.1) is 0 Å². The summed E-state index contributed by atoms with van der Waals surface area (Å²) in [6.45, 7) is 6.94. The van der Waals surface area contributed by atoms with E-state index in [1.807, 2.05) is 0 Å². The molecule has 0 rings (SSSR count). The molecule has 0 saturated carbocycles. The molecule has 1 atom stereocenters. The summed E-state index contributed by atoms with van der Waals surface area (Å²) in [6.07, 6.45) is 8.36. The zero-order valence-corrected chi connectivity index (χ0v) is 12.2. The molecular weight excluding hydrogens is 282 g/mol. The molecule has 0 aromatic carbocycles. The van der Waals surface area contributed by atoms with Gasteiger partial charge in [0.25, 0.3) is 0 Å². The van der Waals surface area contributed by atoms with Crippen molar-refractivity contribution in [1.82, 2.24) is 0 Å². The predicted molar refractivity (Wildman–Crippen MR) is 76.8 cm³/mol. The molecule has 0 bridgehead atoms. The number of unbranched alkanes of at least 4 members (excludes halogenated alkanes) is 4. The van der Waals surface area contributed by atoms with Crippen molar-refractivity contribution >= 4 is 29.9 Å². The van der Waals surface area contributed by atoms with Gasteiger partial charge in [-0.25, -0.2) is 0 Å². The van der Waals surface area contributed by atoms with Gasteiger partial charge in [0, 0.05) is 0 Å². The lowest BCUT2D eigenvalue weighted by Crippen LogP contribution is -2.11. The van der Waals surface area contributed by atoms with Crippen LogP contribution in [-0.4, -0.2) is 11.7 Å². The van der Waals surface area contributed by atoms with Crippen LogP contribution in [-0.2, 0) is 0 Å². The van der Waals surface area contributed by atoms with Crippen LogP contribution < -0.4 is 0 Å². The van der Waals surface area contributed by atoms with E-state index in [-0.39, 0.29) is 0 Å². The van der Waals surface area contributed by atoms with Gasteiger partial charge in [0.2, 0.25) is 0 Å². The molecular formula is C12H25BI. The lowest BCUT2D eigenvalue weighted by Gasteiger charge is -2.16. The van der Waals surface area contributed by atoms with Crippen molar-refractivity contribution in [3.8, 4) is 0 Å². The van der Waals surface area contributed by atoms with Crippen molar-refractivity contribution in [2.45, 2.75) is 65.0 Å². The molecule has 0 spiro atoms. The van der Waals surface area contributed by atoms with Crippen molar-refractivity contribution < 1.29 is 0 Å². The molecule has 0 N–H and O–H groups in total. The Morgan fingerprint density at radius 1 is 1.07 bits per heavy atom. The lowest BCUT2D eigenvalue weighted by atomic mass is 9.58. The summed E-state index contributed by atoms with van der Waals surface area (Å²) in [5.74, 6) is 1.66. The van der Waals surface area contributed by atoms with E-state index in [1.165, 1.54) is 42.9 Å². The van der Waals surface area contributed by atoms with Crippen molar-refractivity contribution in [3.05, 3.63) is 0 Å². The van der Waals surface area contributed by atoms with Gasteiger partial charge in [-0.05, 0) is 4.43 Å². The Balaban J connectivity index is 3.25. The van der Waals surface area contributed by atoms with Crippen molar-refractivity contribution in [2.75, 3.05) is 4.43 Å². The van der Waals surface area contributed by atoms with Crippen LogP contribution in [0.15, 0.2) is 0 Å². The highest BCUT2D eigenvalue weighted by Crippen LogP contribution is 2.21. The SMILES string of the molecule is CCCCCCC[B]C(CI)C(C)C. The Morgan fingerprint density at radius 3 is 2.21 bits per heavy atom. The summed E-state index contributed by atoms with van der Waals surface area (Å²) in [4.78, 5) is 0. The Hall–Kier alpha value is 0.795. The molecule has 0 aromatic rings. The van der Waals surface area contributed by atoms with Crippen LogP contribution in [0.2, 0.25) is 12.1 Å². The third-order valence-electron chi connectivity index (χ3n) is 2.81. The third-order valence-corrected chi connectivity index (χ3v) is 3.83. The van der Waals surface area contributed by atoms with E-state index in [2.05, 4.69) is 50.6 Å². The van der Waals surface area contributed by atoms with Gasteiger partial charge in [-0.3, -0.25) is 0 Å². The predicted octanol–water partition coefficient (Wildman–Crippen LogP) is 4.96. The van der Waals surface area contributed by atoms with Crippen molar-refractivity contribution in [1.29, 1.82) is 0 Å². The first kappa shape index (κ1) is 14.8. The van der Waals surface area contributed by atoms with Crippen molar-refractivity contribution in [3.63, 3.8) is 0 Å². The molecule has 0 saturated heterocycles. The minimum atomic E-state index is 0.822. The minimum absolute atomic E-state index is 0.822. The largest absolute Gasteiger partial charge is 0.114 e. The highest BCUT2D eigenvalue weighted by molar-refractivity contribution is 14.1. The summed E-state index contributed by atoms with van der Waals surface area (Å²) in [5, 5.41) is 0. The van der Waals surface area contributed by atoms with Gasteiger partial charge in [-0.1, -0.05) is 93.5 Å². The molecule has 83 valence electrons. The van der Waals surface area contributed by atoms with Crippen LogP contribution in [0.4, 0.5) is 0 Å². The zero-order chi connectivity index (χ0) is 10.8. The van der Waals surface area contributed by atoms with Crippen LogP contribution in [0.1, 0.15) is 52.9 Å². The van der Waals surface area contributed by atoms with Crippen LogP contribution in [0.5, 0.6) is 0 Å². The third kappa shape index (κ3) is 8.13. The molecule has 0 aliphatic rings. The number of rotatable bonds is 9. The maximum atomic E-state index is 2.54. The number of hydrogen-bond acceptors (Lipinski definition) is 0. The van der Waals surface area contributed by atoms with Crippen LogP contribution in [0, 0.1) is 5.92 Å². The van der Waals surface area contributed by atoms with E-state index >= 15 is 0 Å². The summed E-state index contributed by atoms with van der Waals surface area (Å²) in [5.41, 5.74) is 0. The van der Waals surface area contributed by atoms with E-state index in [9.17, 15) is 0 Å². The number of hydrogen-bond donors (Lipinski definition) is 0. The first-order valence-corrected chi connectivity index (χ1v) is 7.64. The van der Waals surface area contributed by atoms with Gasteiger partial charge >= 0.3 is 0 Å². The first-order valence-electron chi connectivity index (χ1n) is 6.11. The van der Waals surface area contributed by atoms with Gasteiger partial charge in [-0.2, -0.15) is 0 Å². The highest BCUT2D eigenvalue weighted by atomic mass is 127. The normalized spacial score (nSPS) is 13.2. The second-order valence-electron chi connectivity index (χ2n) is 4.50. The molecule has 1 radical (unpaired) electrons. The van der Waals surface area contributed by atoms with E-state index in [4.69, 9.17) is 0 Å². The minimum Gasteiger partial charge on any atom is -0.0868 e. The van der Waals surface area contributed by atoms with E-state index in [0.29, 0.717) is 0 Å². The van der Waals surface area contributed by atoms with Gasteiger partial charge in [0.05, 0.1) is 0 Å². The van der Waals surface area contributed by atoms with E-state index < -0.39 is 0 Å². The highest BCUT2D eigenvalue weighted by Gasteiger charge is 2.11. The fourth-order valence-corrected chi connectivity index (χ4v) is 2.97. The maximum Gasteiger partial charge on any atom is 0.114 e. The Labute approximate surface area is 105 Å². The fourth-order valence-electron chi connectivity index (χ4n) is 1.59. The average molecular weight is 307 g/mol. The zero-order valence-electron chi connectivity index (χ0n) is 10.1. The molecule has 0 fully saturated rings. The number of alkyl halides is 1. The Kier molecular flexibility index (Phi) is 10.9. The van der Waals surface area contributed by atoms with Crippen molar-refractivity contribution in [2.24, 2.45) is 5.92 Å². The quantitative estimate of drug-likeness (QED) is 0.244. The molecule has 0 heterocycles. The van der Waals surface area contributed by atoms with Crippen LogP contribution in [0.25, 0.3) is 0 Å². The van der Waals surface area contributed by atoms with Gasteiger partial charge in [0.15, 0.2) is 0 Å². The molecule has 1 unspecified atom stereocenters. The molecule has 0 aliphatic heterocycles. The molecule has 2 heteroatoms. The van der Waals surface area contributed by atoms with E-state index in [1.54, 1.807) is 0 Å². The standard InChI is InChI=1S/C12H25BI/c1-4-5-6-7-8-9-13-12(10-14)11(2)3/h11-12H,4-10H2,1-3H3. The summed E-state index contributed by atoms with van der Waals surface area (Å²) in [6, 6.07) is 0. The maximum absolute atomic E-state index is 2.54. The summed E-state index contributed by atoms with van der Waals surface area (Å²) in [7, 11) is 2.54. The second kappa shape index (κ2) is 10.3. The molecule has 0 aromatic heterocycles. The van der Waals surface area contributed by atoms with Gasteiger partial charge in [0.1, 0.15) is 7.28 Å². The Morgan fingerprint density at radius 2 is 1.71 bits per heavy atom. The fraction of sp³-hybridized carbons (Fsp3) is 1.00. The Bertz CT molecular complexity index is 115. The monoisotopic (exact) mass is 307 g/mol. The van der Waals surface area contributed by atoms with E-state index in [0.717, 1.165) is 11.7 Å². The second-order valence-corrected chi connectivity index (χ2v) is 5.38. The first-order chi connectivity index (χ1) is 6.72. The lowest BCUT2D eigenvalue weighted by molar-refractivity contribution is 0.620. The topological polar surface area (TPSA) is 0 Å². The molecule has 0 nitrogen and oxygen atoms in total. The average Bonchev–Trinajstić information content (AvgIpc) is 2.16. The summed E-state index contributed by atoms with van der Waals surface area (Å²) < 4.78 is 1.28.